The molecule has 0 amide bonds. The number of benzene rings is 1. The van der Waals surface area contributed by atoms with Gasteiger partial charge in [0.2, 0.25) is 0 Å². The second-order valence-corrected chi connectivity index (χ2v) is 4.00. The Hall–Kier alpha value is -1.83. The number of nitrogens with zero attached hydrogens (tertiary/aromatic N) is 1. The predicted octanol–water partition coefficient (Wildman–Crippen LogP) is 3.61. The second-order valence-electron chi connectivity index (χ2n) is 4.00. The van der Waals surface area contributed by atoms with Crippen LogP contribution in [0.1, 0.15) is 24.6 Å². The molecule has 1 aromatic heterocycles. The maximum absolute atomic E-state index is 5.66. The second kappa shape index (κ2) is 6.04. The largest absolute Gasteiger partial charge is 0.487 e. The van der Waals surface area contributed by atoms with Gasteiger partial charge in [-0.15, -0.1) is 0 Å². The van der Waals surface area contributed by atoms with Crippen molar-refractivity contribution < 1.29 is 4.74 Å². The van der Waals surface area contributed by atoms with Crippen LogP contribution in [0.5, 0.6) is 5.75 Å². The average Bonchev–Trinajstić information content (AvgIpc) is 2.40. The van der Waals surface area contributed by atoms with E-state index in [1.165, 1.54) is 12.0 Å². The van der Waals surface area contributed by atoms with Crippen molar-refractivity contribution >= 4 is 0 Å². The van der Waals surface area contributed by atoms with Crippen LogP contribution in [0.3, 0.4) is 0 Å². The van der Waals surface area contributed by atoms with Gasteiger partial charge in [-0.3, -0.25) is 4.98 Å². The predicted molar refractivity (Wildman–Crippen MR) is 69.0 cm³/mol. The van der Waals surface area contributed by atoms with Gasteiger partial charge < -0.3 is 4.74 Å². The van der Waals surface area contributed by atoms with Crippen molar-refractivity contribution in [1.29, 1.82) is 0 Å². The third kappa shape index (κ3) is 3.59. The van der Waals surface area contributed by atoms with Crippen molar-refractivity contribution in [2.45, 2.75) is 26.4 Å². The summed E-state index contributed by atoms with van der Waals surface area (Å²) < 4.78 is 5.66. The van der Waals surface area contributed by atoms with E-state index in [0.717, 1.165) is 17.9 Å². The van der Waals surface area contributed by atoms with Crippen molar-refractivity contribution in [3.05, 3.63) is 59.9 Å². The molecule has 0 aliphatic carbocycles. The van der Waals surface area contributed by atoms with E-state index >= 15 is 0 Å². The Morgan fingerprint density at radius 1 is 1.06 bits per heavy atom. The molecule has 0 fully saturated rings. The lowest BCUT2D eigenvalue weighted by Gasteiger charge is -2.06. The molecule has 1 heterocycles. The molecule has 2 heteroatoms. The van der Waals surface area contributed by atoms with E-state index in [9.17, 15) is 0 Å². The highest BCUT2D eigenvalue weighted by molar-refractivity contribution is 5.27. The molecular weight excluding hydrogens is 210 g/mol. The first kappa shape index (κ1) is 11.6. The van der Waals surface area contributed by atoms with Crippen LogP contribution in [0.15, 0.2) is 48.7 Å². The van der Waals surface area contributed by atoms with Gasteiger partial charge in [0.1, 0.15) is 12.4 Å². The van der Waals surface area contributed by atoms with Crippen LogP contribution >= 0.6 is 0 Å². The molecule has 0 saturated carbocycles. The molecule has 0 radical (unpaired) electrons. The Kier molecular flexibility index (Phi) is 4.14. The van der Waals surface area contributed by atoms with Gasteiger partial charge in [0.05, 0.1) is 5.69 Å². The minimum absolute atomic E-state index is 0.522. The number of aromatic nitrogens is 1. The summed E-state index contributed by atoms with van der Waals surface area (Å²) in [6.07, 6.45) is 4.08. The lowest BCUT2D eigenvalue weighted by Crippen LogP contribution is -1.97. The van der Waals surface area contributed by atoms with Crippen molar-refractivity contribution in [2.75, 3.05) is 0 Å². The summed E-state index contributed by atoms with van der Waals surface area (Å²) in [7, 11) is 0. The number of hydrogen-bond donors (Lipinski definition) is 0. The van der Waals surface area contributed by atoms with Gasteiger partial charge in [-0.05, 0) is 36.2 Å². The molecule has 0 saturated heterocycles. The first-order valence-electron chi connectivity index (χ1n) is 6.00. The van der Waals surface area contributed by atoms with Crippen LogP contribution < -0.4 is 4.74 Å². The van der Waals surface area contributed by atoms with E-state index in [4.69, 9.17) is 4.74 Å². The molecule has 2 nitrogen and oxygen atoms in total. The standard InChI is InChI=1S/C15H17NO/c1-2-5-13-7-9-15(10-8-13)17-12-14-6-3-4-11-16-14/h3-4,6-11H,2,5,12H2,1H3. The van der Waals surface area contributed by atoms with Crippen LogP contribution in [0.25, 0.3) is 0 Å². The Morgan fingerprint density at radius 3 is 2.53 bits per heavy atom. The number of aryl methyl sites for hydroxylation is 1. The Balaban J connectivity index is 1.91. The van der Waals surface area contributed by atoms with E-state index in [1.807, 2.05) is 30.3 Å². The van der Waals surface area contributed by atoms with Gasteiger partial charge in [0.15, 0.2) is 0 Å². The molecule has 2 aromatic rings. The number of rotatable bonds is 5. The summed E-state index contributed by atoms with van der Waals surface area (Å²) in [4.78, 5) is 4.22. The lowest BCUT2D eigenvalue weighted by molar-refractivity contribution is 0.301. The fraction of sp³-hybridized carbons (Fsp3) is 0.267. The van der Waals surface area contributed by atoms with E-state index < -0.39 is 0 Å². The third-order valence-electron chi connectivity index (χ3n) is 2.57. The van der Waals surface area contributed by atoms with Gasteiger partial charge in [0, 0.05) is 6.20 Å². The minimum Gasteiger partial charge on any atom is -0.487 e. The maximum Gasteiger partial charge on any atom is 0.130 e. The van der Waals surface area contributed by atoms with Crippen LogP contribution in [0.4, 0.5) is 0 Å². The molecule has 2 rings (SSSR count). The number of ether oxygens (including phenoxy) is 1. The highest BCUT2D eigenvalue weighted by Gasteiger charge is 1.97. The van der Waals surface area contributed by atoms with Gasteiger partial charge in [-0.1, -0.05) is 31.5 Å². The first-order chi connectivity index (χ1) is 8.38. The summed E-state index contributed by atoms with van der Waals surface area (Å²) in [5, 5.41) is 0. The number of hydrogen-bond acceptors (Lipinski definition) is 2. The molecule has 0 aliphatic rings. The minimum atomic E-state index is 0.522. The molecule has 17 heavy (non-hydrogen) atoms. The van der Waals surface area contributed by atoms with Crippen LogP contribution in [0, 0.1) is 0 Å². The zero-order valence-electron chi connectivity index (χ0n) is 10.1. The molecule has 0 spiro atoms. The normalized spacial score (nSPS) is 10.2. The monoisotopic (exact) mass is 227 g/mol. The highest BCUT2D eigenvalue weighted by Crippen LogP contribution is 2.14. The van der Waals surface area contributed by atoms with Gasteiger partial charge in [-0.25, -0.2) is 0 Å². The fourth-order valence-electron chi connectivity index (χ4n) is 1.68. The van der Waals surface area contributed by atoms with Crippen LogP contribution in [0.2, 0.25) is 0 Å². The Morgan fingerprint density at radius 2 is 1.88 bits per heavy atom. The molecule has 1 aromatic carbocycles. The summed E-state index contributed by atoms with van der Waals surface area (Å²) >= 11 is 0. The fourth-order valence-corrected chi connectivity index (χ4v) is 1.68. The summed E-state index contributed by atoms with van der Waals surface area (Å²) in [6.45, 7) is 2.71. The molecule has 0 atom stereocenters. The highest BCUT2D eigenvalue weighted by atomic mass is 16.5. The van der Waals surface area contributed by atoms with E-state index in [2.05, 4.69) is 24.0 Å². The molecule has 0 aliphatic heterocycles. The zero-order valence-corrected chi connectivity index (χ0v) is 10.1. The Labute approximate surface area is 102 Å². The van der Waals surface area contributed by atoms with Crippen LogP contribution in [-0.4, -0.2) is 4.98 Å². The summed E-state index contributed by atoms with van der Waals surface area (Å²) in [5.74, 6) is 0.899. The molecule has 0 bridgehead atoms. The van der Waals surface area contributed by atoms with Crippen molar-refractivity contribution in [3.8, 4) is 5.75 Å². The van der Waals surface area contributed by atoms with Gasteiger partial charge in [0.25, 0.3) is 0 Å². The summed E-state index contributed by atoms with van der Waals surface area (Å²) in [6, 6.07) is 14.1. The van der Waals surface area contributed by atoms with Gasteiger partial charge >= 0.3 is 0 Å². The SMILES string of the molecule is CCCc1ccc(OCc2ccccn2)cc1. The van der Waals surface area contributed by atoms with Crippen molar-refractivity contribution in [1.82, 2.24) is 4.98 Å². The molecule has 88 valence electrons. The van der Waals surface area contributed by atoms with Crippen LogP contribution in [-0.2, 0) is 13.0 Å². The summed E-state index contributed by atoms with van der Waals surface area (Å²) in [5.41, 5.74) is 2.31. The van der Waals surface area contributed by atoms with E-state index in [0.29, 0.717) is 6.61 Å². The van der Waals surface area contributed by atoms with Crippen molar-refractivity contribution in [3.63, 3.8) is 0 Å². The first-order valence-corrected chi connectivity index (χ1v) is 6.00. The van der Waals surface area contributed by atoms with E-state index in [-0.39, 0.29) is 0 Å². The maximum atomic E-state index is 5.66. The molecule has 0 unspecified atom stereocenters. The zero-order chi connectivity index (χ0) is 11.9. The van der Waals surface area contributed by atoms with Gasteiger partial charge in [-0.2, -0.15) is 0 Å². The molecule has 0 N–H and O–H groups in total. The Bertz CT molecular complexity index is 436. The number of pyridine rings is 1. The smallest absolute Gasteiger partial charge is 0.130 e. The lowest BCUT2D eigenvalue weighted by atomic mass is 10.1. The third-order valence-corrected chi connectivity index (χ3v) is 2.57. The van der Waals surface area contributed by atoms with E-state index in [1.54, 1.807) is 6.20 Å². The quantitative estimate of drug-likeness (QED) is 0.778. The topological polar surface area (TPSA) is 22.1 Å². The molecular formula is C15H17NO. The average molecular weight is 227 g/mol. The van der Waals surface area contributed by atoms with Crippen molar-refractivity contribution in [2.24, 2.45) is 0 Å².